The molecule has 2 aromatic rings. The first-order valence-corrected chi connectivity index (χ1v) is 5.98. The molecule has 0 amide bonds. The fourth-order valence-electron chi connectivity index (χ4n) is 1.89. The molecule has 0 radical (unpaired) electrons. The van der Waals surface area contributed by atoms with E-state index in [1.165, 1.54) is 5.56 Å². The molecule has 1 aromatic heterocycles. The van der Waals surface area contributed by atoms with Gasteiger partial charge >= 0.3 is 0 Å². The van der Waals surface area contributed by atoms with E-state index in [2.05, 4.69) is 24.0 Å². The predicted molar refractivity (Wildman–Crippen MR) is 68.7 cm³/mol. The Bertz CT molecular complexity index is 450. The van der Waals surface area contributed by atoms with Crippen molar-refractivity contribution >= 4 is 0 Å². The van der Waals surface area contributed by atoms with Crippen molar-refractivity contribution in [3.8, 4) is 0 Å². The maximum absolute atomic E-state index is 10.2. The number of hydrogen-bond donors (Lipinski definition) is 1. The van der Waals surface area contributed by atoms with Gasteiger partial charge in [-0.15, -0.1) is 0 Å². The number of aromatic nitrogens is 1. The topological polar surface area (TPSA) is 33.1 Å². The molecule has 0 aliphatic heterocycles. The van der Waals surface area contributed by atoms with Gasteiger partial charge in [-0.2, -0.15) is 0 Å². The van der Waals surface area contributed by atoms with Crippen molar-refractivity contribution in [3.05, 3.63) is 65.5 Å². The van der Waals surface area contributed by atoms with Crippen LogP contribution in [0.4, 0.5) is 0 Å². The van der Waals surface area contributed by atoms with Crippen molar-refractivity contribution < 1.29 is 5.11 Å². The summed E-state index contributed by atoms with van der Waals surface area (Å²) in [6.07, 6.45) is 5.07. The van der Waals surface area contributed by atoms with Crippen LogP contribution in [0.5, 0.6) is 0 Å². The molecule has 2 heteroatoms. The molecule has 2 nitrogen and oxygen atoms in total. The van der Waals surface area contributed by atoms with Crippen LogP contribution >= 0.6 is 0 Å². The van der Waals surface area contributed by atoms with Crippen LogP contribution in [0, 0.1) is 0 Å². The first kappa shape index (κ1) is 11.8. The van der Waals surface area contributed by atoms with E-state index in [1.54, 1.807) is 12.4 Å². The highest BCUT2D eigenvalue weighted by molar-refractivity contribution is 5.30. The Morgan fingerprint density at radius 1 is 1.00 bits per heavy atom. The Morgan fingerprint density at radius 2 is 1.59 bits per heavy atom. The molecule has 88 valence electrons. The molecule has 0 aliphatic carbocycles. The third-order valence-electron chi connectivity index (χ3n) is 2.86. The highest BCUT2D eigenvalue weighted by Crippen LogP contribution is 2.21. The number of aliphatic hydroxyl groups excluding tert-OH is 1. The Labute approximate surface area is 102 Å². The molecule has 17 heavy (non-hydrogen) atoms. The second-order valence-electron chi connectivity index (χ2n) is 4.17. The van der Waals surface area contributed by atoms with E-state index in [1.807, 2.05) is 24.3 Å². The summed E-state index contributed by atoms with van der Waals surface area (Å²) in [4.78, 5) is 3.95. The zero-order valence-electron chi connectivity index (χ0n) is 10.0. The number of rotatable bonds is 4. The van der Waals surface area contributed by atoms with Crippen LogP contribution in [-0.4, -0.2) is 10.1 Å². The summed E-state index contributed by atoms with van der Waals surface area (Å²) >= 11 is 0. The molecule has 0 saturated heterocycles. The van der Waals surface area contributed by atoms with E-state index in [-0.39, 0.29) is 0 Å². The zero-order chi connectivity index (χ0) is 12.1. The molecule has 1 atom stereocenters. The Morgan fingerprint density at radius 3 is 2.18 bits per heavy atom. The molecule has 0 spiro atoms. The minimum atomic E-state index is -0.561. The van der Waals surface area contributed by atoms with Crippen LogP contribution in [0.15, 0.2) is 48.8 Å². The van der Waals surface area contributed by atoms with Gasteiger partial charge < -0.3 is 5.11 Å². The lowest BCUT2D eigenvalue weighted by atomic mass is 10.0. The molecule has 0 saturated carbocycles. The smallest absolute Gasteiger partial charge is 0.104 e. The Balaban J connectivity index is 2.17. The molecule has 1 N–H and O–H groups in total. The minimum Gasteiger partial charge on any atom is -0.384 e. The van der Waals surface area contributed by atoms with Gasteiger partial charge in [-0.1, -0.05) is 37.6 Å². The molecule has 1 aromatic carbocycles. The van der Waals surface area contributed by atoms with Gasteiger partial charge in [-0.25, -0.2) is 0 Å². The van der Waals surface area contributed by atoms with Crippen LogP contribution in [0.25, 0.3) is 0 Å². The van der Waals surface area contributed by atoms with E-state index in [9.17, 15) is 5.11 Å². The molecular formula is C15H17NO. The number of aliphatic hydroxyl groups is 1. The predicted octanol–water partition coefficient (Wildman–Crippen LogP) is 3.12. The first-order chi connectivity index (χ1) is 8.31. The molecule has 2 rings (SSSR count). The largest absolute Gasteiger partial charge is 0.384 e. The van der Waals surface area contributed by atoms with E-state index in [0.717, 1.165) is 24.0 Å². The van der Waals surface area contributed by atoms with E-state index >= 15 is 0 Å². The van der Waals surface area contributed by atoms with Crippen LogP contribution < -0.4 is 0 Å². The number of nitrogens with zero attached hydrogens (tertiary/aromatic N) is 1. The lowest BCUT2D eigenvalue weighted by Gasteiger charge is -2.11. The van der Waals surface area contributed by atoms with E-state index < -0.39 is 6.10 Å². The number of hydrogen-bond acceptors (Lipinski definition) is 2. The summed E-state index contributed by atoms with van der Waals surface area (Å²) in [5.41, 5.74) is 3.12. The molecule has 0 bridgehead atoms. The van der Waals surface area contributed by atoms with Gasteiger partial charge in [0.15, 0.2) is 0 Å². The lowest BCUT2D eigenvalue weighted by molar-refractivity contribution is 0.220. The standard InChI is InChI=1S/C15H17NO/c1-2-3-12-4-6-13(7-5-12)15(17)14-8-10-16-11-9-14/h4-11,15,17H,2-3H2,1H3. The third kappa shape index (κ3) is 2.92. The van der Waals surface area contributed by atoms with Gasteiger partial charge in [0.2, 0.25) is 0 Å². The average molecular weight is 227 g/mol. The quantitative estimate of drug-likeness (QED) is 0.870. The Kier molecular flexibility index (Phi) is 3.89. The lowest BCUT2D eigenvalue weighted by Crippen LogP contribution is -1.99. The second kappa shape index (κ2) is 5.60. The maximum atomic E-state index is 10.2. The van der Waals surface area contributed by atoms with Crippen LogP contribution in [0.2, 0.25) is 0 Å². The van der Waals surface area contributed by atoms with Crippen molar-refractivity contribution in [1.29, 1.82) is 0 Å². The van der Waals surface area contributed by atoms with Crippen LogP contribution in [0.3, 0.4) is 0 Å². The van der Waals surface area contributed by atoms with E-state index in [0.29, 0.717) is 0 Å². The van der Waals surface area contributed by atoms with Gasteiger partial charge in [0.05, 0.1) is 0 Å². The van der Waals surface area contributed by atoms with Crippen molar-refractivity contribution in [2.24, 2.45) is 0 Å². The molecule has 1 unspecified atom stereocenters. The van der Waals surface area contributed by atoms with Crippen molar-refractivity contribution in [2.45, 2.75) is 25.9 Å². The zero-order valence-corrected chi connectivity index (χ0v) is 10.0. The third-order valence-corrected chi connectivity index (χ3v) is 2.86. The SMILES string of the molecule is CCCc1ccc(C(O)c2ccncc2)cc1. The summed E-state index contributed by atoms with van der Waals surface area (Å²) in [6.45, 7) is 2.17. The van der Waals surface area contributed by atoms with Crippen molar-refractivity contribution in [2.75, 3.05) is 0 Å². The van der Waals surface area contributed by atoms with E-state index in [4.69, 9.17) is 0 Å². The molecular weight excluding hydrogens is 210 g/mol. The van der Waals surface area contributed by atoms with Gasteiger partial charge in [0.25, 0.3) is 0 Å². The van der Waals surface area contributed by atoms with Crippen molar-refractivity contribution in [3.63, 3.8) is 0 Å². The summed E-state index contributed by atoms with van der Waals surface area (Å²) < 4.78 is 0. The maximum Gasteiger partial charge on any atom is 0.104 e. The number of benzene rings is 1. The summed E-state index contributed by atoms with van der Waals surface area (Å²) in [5.74, 6) is 0. The van der Waals surface area contributed by atoms with Gasteiger partial charge in [-0.3, -0.25) is 4.98 Å². The fourth-order valence-corrected chi connectivity index (χ4v) is 1.89. The van der Waals surface area contributed by atoms with Gasteiger partial charge in [0.1, 0.15) is 6.10 Å². The minimum absolute atomic E-state index is 0.561. The number of pyridine rings is 1. The highest BCUT2D eigenvalue weighted by atomic mass is 16.3. The summed E-state index contributed by atoms with van der Waals surface area (Å²) in [7, 11) is 0. The van der Waals surface area contributed by atoms with Crippen molar-refractivity contribution in [1.82, 2.24) is 4.98 Å². The summed E-state index contributed by atoms with van der Waals surface area (Å²) in [6, 6.07) is 11.8. The molecule has 1 heterocycles. The van der Waals surface area contributed by atoms with Crippen LogP contribution in [-0.2, 0) is 6.42 Å². The summed E-state index contributed by atoms with van der Waals surface area (Å²) in [5, 5.41) is 10.2. The monoisotopic (exact) mass is 227 g/mol. The van der Waals surface area contributed by atoms with Crippen LogP contribution in [0.1, 0.15) is 36.1 Å². The Hall–Kier alpha value is -1.67. The number of aryl methyl sites for hydroxylation is 1. The fraction of sp³-hybridized carbons (Fsp3) is 0.267. The van der Waals surface area contributed by atoms with Gasteiger partial charge in [-0.05, 0) is 35.2 Å². The van der Waals surface area contributed by atoms with Gasteiger partial charge in [0, 0.05) is 12.4 Å². The second-order valence-corrected chi connectivity index (χ2v) is 4.17. The average Bonchev–Trinajstić information content (AvgIpc) is 2.40. The normalized spacial score (nSPS) is 12.4. The first-order valence-electron chi connectivity index (χ1n) is 5.98. The molecule has 0 aliphatic rings. The molecule has 0 fully saturated rings. The highest BCUT2D eigenvalue weighted by Gasteiger charge is 2.09.